The summed E-state index contributed by atoms with van der Waals surface area (Å²) >= 11 is 9.04. The highest BCUT2D eigenvalue weighted by molar-refractivity contribution is 9.09. The van der Waals surface area contributed by atoms with Crippen molar-refractivity contribution in [3.63, 3.8) is 0 Å². The summed E-state index contributed by atoms with van der Waals surface area (Å²) in [6.45, 7) is 2.06. The molecular formula is C8H8BrCl. The van der Waals surface area contributed by atoms with E-state index in [0.29, 0.717) is 0 Å². The number of hydrogen-bond acceptors (Lipinski definition) is 0. The van der Waals surface area contributed by atoms with E-state index in [0.717, 1.165) is 5.56 Å². The molecule has 1 atom stereocenters. The van der Waals surface area contributed by atoms with Gasteiger partial charge in [-0.1, -0.05) is 45.8 Å². The third-order valence-electron chi connectivity index (χ3n) is 1.33. The second-order valence-corrected chi connectivity index (χ2v) is 4.09. The Morgan fingerprint density at radius 2 is 1.80 bits per heavy atom. The van der Waals surface area contributed by atoms with Crippen LogP contribution in [0.15, 0.2) is 24.3 Å². The molecule has 0 N–H and O–H groups in total. The fourth-order valence-corrected chi connectivity index (χ4v) is 1.16. The molecule has 0 heterocycles. The fourth-order valence-electron chi connectivity index (χ4n) is 0.712. The van der Waals surface area contributed by atoms with Crippen molar-refractivity contribution in [1.29, 1.82) is 0 Å². The van der Waals surface area contributed by atoms with Crippen LogP contribution < -0.4 is 0 Å². The zero-order valence-corrected chi connectivity index (χ0v) is 7.98. The average molecular weight is 220 g/mol. The molecule has 0 aromatic heterocycles. The van der Waals surface area contributed by atoms with Gasteiger partial charge in [0.1, 0.15) is 4.29 Å². The van der Waals surface area contributed by atoms with Crippen molar-refractivity contribution in [1.82, 2.24) is 0 Å². The van der Waals surface area contributed by atoms with E-state index in [1.165, 1.54) is 5.56 Å². The lowest BCUT2D eigenvalue weighted by Crippen LogP contribution is -1.79. The van der Waals surface area contributed by atoms with Gasteiger partial charge in [0, 0.05) is 0 Å². The second-order valence-electron chi connectivity index (χ2n) is 2.21. The Bertz CT molecular complexity index is 203. The van der Waals surface area contributed by atoms with Gasteiger partial charge in [0.25, 0.3) is 0 Å². The summed E-state index contributed by atoms with van der Waals surface area (Å²) in [5.41, 5.74) is 2.36. The summed E-state index contributed by atoms with van der Waals surface area (Å²) in [4.78, 5) is 0. The third-order valence-corrected chi connectivity index (χ3v) is 2.11. The van der Waals surface area contributed by atoms with Crippen LogP contribution >= 0.6 is 27.5 Å². The molecule has 10 heavy (non-hydrogen) atoms. The number of benzene rings is 1. The summed E-state index contributed by atoms with van der Waals surface area (Å²) in [7, 11) is 0. The first kappa shape index (κ1) is 8.09. The molecule has 0 aliphatic rings. The minimum absolute atomic E-state index is 0.0619. The first-order chi connectivity index (χ1) is 4.70. The van der Waals surface area contributed by atoms with Crippen molar-refractivity contribution in [2.75, 3.05) is 0 Å². The van der Waals surface area contributed by atoms with E-state index in [4.69, 9.17) is 11.6 Å². The van der Waals surface area contributed by atoms with Gasteiger partial charge in [-0.3, -0.25) is 0 Å². The van der Waals surface area contributed by atoms with Gasteiger partial charge in [-0.2, -0.15) is 0 Å². The predicted octanol–water partition coefficient (Wildman–Crippen LogP) is 3.63. The molecule has 0 amide bonds. The highest BCUT2D eigenvalue weighted by Crippen LogP contribution is 2.26. The summed E-state index contributed by atoms with van der Waals surface area (Å²) in [6, 6.07) is 8.13. The molecule has 1 unspecified atom stereocenters. The summed E-state index contributed by atoms with van der Waals surface area (Å²) < 4.78 is -0.0619. The molecular weight excluding hydrogens is 211 g/mol. The van der Waals surface area contributed by atoms with Crippen molar-refractivity contribution in [2.24, 2.45) is 0 Å². The van der Waals surface area contributed by atoms with Crippen molar-refractivity contribution < 1.29 is 0 Å². The van der Waals surface area contributed by atoms with E-state index in [1.54, 1.807) is 0 Å². The maximum absolute atomic E-state index is 5.77. The fraction of sp³-hybridized carbons (Fsp3) is 0.250. The van der Waals surface area contributed by atoms with Gasteiger partial charge in [-0.15, -0.1) is 11.6 Å². The monoisotopic (exact) mass is 218 g/mol. The van der Waals surface area contributed by atoms with Crippen molar-refractivity contribution in [3.8, 4) is 0 Å². The molecule has 1 rings (SSSR count). The molecule has 0 radical (unpaired) electrons. The van der Waals surface area contributed by atoms with E-state index in [1.807, 2.05) is 24.3 Å². The lowest BCUT2D eigenvalue weighted by atomic mass is 10.2. The van der Waals surface area contributed by atoms with Crippen molar-refractivity contribution in [3.05, 3.63) is 35.4 Å². The molecule has 1 aromatic rings. The summed E-state index contributed by atoms with van der Waals surface area (Å²) in [5.74, 6) is 0. The zero-order chi connectivity index (χ0) is 7.56. The number of alkyl halides is 2. The topological polar surface area (TPSA) is 0 Å². The quantitative estimate of drug-likeness (QED) is 0.633. The molecule has 0 saturated carbocycles. The Morgan fingerprint density at radius 3 is 2.20 bits per heavy atom. The van der Waals surface area contributed by atoms with Crippen LogP contribution in [0.2, 0.25) is 0 Å². The predicted molar refractivity (Wildman–Crippen MR) is 48.7 cm³/mol. The second kappa shape index (κ2) is 3.40. The van der Waals surface area contributed by atoms with Crippen LogP contribution in [0.5, 0.6) is 0 Å². The van der Waals surface area contributed by atoms with Gasteiger partial charge in [0.05, 0.1) is 0 Å². The molecule has 0 spiro atoms. The zero-order valence-electron chi connectivity index (χ0n) is 5.64. The first-order valence-electron chi connectivity index (χ1n) is 3.05. The van der Waals surface area contributed by atoms with Crippen molar-refractivity contribution in [2.45, 2.75) is 11.2 Å². The maximum Gasteiger partial charge on any atom is 0.113 e. The molecule has 0 aliphatic carbocycles. The molecule has 0 bridgehead atoms. The van der Waals surface area contributed by atoms with Gasteiger partial charge in [0.15, 0.2) is 0 Å². The van der Waals surface area contributed by atoms with Gasteiger partial charge >= 0.3 is 0 Å². The highest BCUT2D eigenvalue weighted by atomic mass is 79.9. The molecule has 0 saturated heterocycles. The van der Waals surface area contributed by atoms with E-state index >= 15 is 0 Å². The third kappa shape index (κ3) is 1.99. The Hall–Kier alpha value is -0.0100. The first-order valence-corrected chi connectivity index (χ1v) is 4.40. The molecule has 0 nitrogen and oxygen atoms in total. The van der Waals surface area contributed by atoms with E-state index in [2.05, 4.69) is 22.9 Å². The maximum atomic E-state index is 5.77. The minimum atomic E-state index is -0.0619. The highest BCUT2D eigenvalue weighted by Gasteiger charge is 1.99. The largest absolute Gasteiger partial charge is 0.113 e. The Labute approximate surface area is 74.3 Å². The standard InChI is InChI=1S/C8H8BrCl/c1-6-2-4-7(5-3-6)8(9)10/h2-5,8H,1H3. The van der Waals surface area contributed by atoms with Crippen LogP contribution in [-0.4, -0.2) is 0 Å². The smallest absolute Gasteiger partial charge is 0.105 e. The number of halogens is 2. The summed E-state index contributed by atoms with van der Waals surface area (Å²) in [6.07, 6.45) is 0. The van der Waals surface area contributed by atoms with Crippen LogP contribution in [0.1, 0.15) is 15.4 Å². The van der Waals surface area contributed by atoms with Gasteiger partial charge in [-0.05, 0) is 12.5 Å². The van der Waals surface area contributed by atoms with Gasteiger partial charge in [-0.25, -0.2) is 0 Å². The molecule has 0 fully saturated rings. The van der Waals surface area contributed by atoms with Crippen molar-refractivity contribution >= 4 is 27.5 Å². The molecule has 1 aromatic carbocycles. The molecule has 2 heteroatoms. The normalized spacial score (nSPS) is 13.1. The lowest BCUT2D eigenvalue weighted by Gasteiger charge is -2.00. The lowest BCUT2D eigenvalue weighted by molar-refractivity contribution is 1.35. The van der Waals surface area contributed by atoms with Crippen LogP contribution in [0, 0.1) is 6.92 Å². The molecule has 0 aliphatic heterocycles. The Morgan fingerprint density at radius 1 is 1.30 bits per heavy atom. The summed E-state index contributed by atoms with van der Waals surface area (Å²) in [5, 5.41) is 0. The van der Waals surface area contributed by atoms with Crippen LogP contribution in [0.25, 0.3) is 0 Å². The van der Waals surface area contributed by atoms with E-state index in [9.17, 15) is 0 Å². The number of hydrogen-bond donors (Lipinski definition) is 0. The van der Waals surface area contributed by atoms with Gasteiger partial charge in [0.2, 0.25) is 0 Å². The Balaban J connectivity index is 2.89. The van der Waals surface area contributed by atoms with Crippen LogP contribution in [-0.2, 0) is 0 Å². The van der Waals surface area contributed by atoms with E-state index in [-0.39, 0.29) is 4.29 Å². The van der Waals surface area contributed by atoms with E-state index < -0.39 is 0 Å². The van der Waals surface area contributed by atoms with Crippen LogP contribution in [0.4, 0.5) is 0 Å². The Kier molecular flexibility index (Phi) is 2.75. The average Bonchev–Trinajstić information content (AvgIpc) is 1.88. The molecule has 54 valence electrons. The number of aryl methyl sites for hydroxylation is 1. The van der Waals surface area contributed by atoms with Crippen LogP contribution in [0.3, 0.4) is 0 Å². The minimum Gasteiger partial charge on any atom is -0.105 e. The van der Waals surface area contributed by atoms with Gasteiger partial charge < -0.3 is 0 Å². The SMILES string of the molecule is Cc1ccc(C(Cl)Br)cc1. The number of rotatable bonds is 1.